The maximum absolute atomic E-state index is 12.0. The van der Waals surface area contributed by atoms with Crippen molar-refractivity contribution in [2.24, 2.45) is 5.14 Å². The summed E-state index contributed by atoms with van der Waals surface area (Å²) in [7, 11) is -3.89. The summed E-state index contributed by atoms with van der Waals surface area (Å²) < 4.78 is 28.8. The van der Waals surface area contributed by atoms with Crippen LogP contribution in [0.15, 0.2) is 21.5 Å². The van der Waals surface area contributed by atoms with E-state index in [2.05, 4.69) is 15.9 Å². The summed E-state index contributed by atoms with van der Waals surface area (Å²) in [5.41, 5.74) is 0.625. The van der Waals surface area contributed by atoms with Gasteiger partial charge in [-0.05, 0) is 38.0 Å². The number of benzene rings is 1. The minimum Gasteiger partial charge on any atom is -0.459 e. The van der Waals surface area contributed by atoms with Crippen molar-refractivity contribution in [3.63, 3.8) is 0 Å². The molecule has 0 saturated heterocycles. The lowest BCUT2D eigenvalue weighted by atomic mass is 10.1. The van der Waals surface area contributed by atoms with Crippen LogP contribution < -0.4 is 5.14 Å². The van der Waals surface area contributed by atoms with Gasteiger partial charge >= 0.3 is 5.97 Å². The van der Waals surface area contributed by atoms with Gasteiger partial charge in [0.25, 0.3) is 0 Å². The molecule has 0 heterocycles. The number of primary sulfonamides is 1. The zero-order chi connectivity index (χ0) is 15.5. The molecule has 0 bridgehead atoms. The normalized spacial score (nSPS) is 13.1. The van der Waals surface area contributed by atoms with Crippen molar-refractivity contribution in [3.8, 4) is 0 Å². The van der Waals surface area contributed by atoms with E-state index in [1.807, 2.05) is 6.92 Å². The summed E-state index contributed by atoms with van der Waals surface area (Å²) in [5, 5.41) is 5.14. The van der Waals surface area contributed by atoms with Crippen LogP contribution in [-0.4, -0.2) is 20.5 Å². The molecule has 0 aliphatic heterocycles. The lowest BCUT2D eigenvalue weighted by molar-refractivity contribution is 0.0323. The van der Waals surface area contributed by atoms with E-state index >= 15 is 0 Å². The molecule has 1 aromatic rings. The Morgan fingerprint density at radius 1 is 1.45 bits per heavy atom. The van der Waals surface area contributed by atoms with Gasteiger partial charge in [-0.2, -0.15) is 0 Å². The Balaban J connectivity index is 3.15. The van der Waals surface area contributed by atoms with Gasteiger partial charge in [-0.3, -0.25) is 0 Å². The predicted molar refractivity (Wildman–Crippen MR) is 80.0 cm³/mol. The molecular weight excluding hydrogens is 346 g/mol. The van der Waals surface area contributed by atoms with E-state index in [1.165, 1.54) is 12.1 Å². The summed E-state index contributed by atoms with van der Waals surface area (Å²) in [6, 6.07) is 2.78. The molecule has 5 nitrogen and oxygen atoms in total. The number of carbonyl (C=O) groups is 1. The monoisotopic (exact) mass is 363 g/mol. The first-order chi connectivity index (χ1) is 9.16. The standard InChI is InChI=1S/C13H18BrNO4S/c1-4-5-8(2)19-13(16)10-6-11(14)9(3)12(7-10)20(15,17)18/h6-8H,4-5H2,1-3H3,(H2,15,17,18). The first-order valence-corrected chi connectivity index (χ1v) is 8.54. The van der Waals surface area contributed by atoms with Gasteiger partial charge in [0.1, 0.15) is 0 Å². The van der Waals surface area contributed by atoms with Crippen LogP contribution in [0.5, 0.6) is 0 Å². The van der Waals surface area contributed by atoms with Crippen LogP contribution in [0.4, 0.5) is 0 Å². The van der Waals surface area contributed by atoms with Crippen molar-refractivity contribution >= 4 is 31.9 Å². The van der Waals surface area contributed by atoms with E-state index in [4.69, 9.17) is 9.88 Å². The molecule has 1 aromatic carbocycles. The number of nitrogens with two attached hydrogens (primary N) is 1. The van der Waals surface area contributed by atoms with Crippen LogP contribution in [0.1, 0.15) is 42.6 Å². The van der Waals surface area contributed by atoms with Crippen molar-refractivity contribution in [2.45, 2.75) is 44.6 Å². The minimum absolute atomic E-state index is 0.0815. The maximum atomic E-state index is 12.0. The average Bonchev–Trinajstić information content (AvgIpc) is 2.30. The molecular formula is C13H18BrNO4S. The SMILES string of the molecule is CCCC(C)OC(=O)c1cc(Br)c(C)c(S(N)(=O)=O)c1. The lowest BCUT2D eigenvalue weighted by Gasteiger charge is -2.14. The molecule has 1 rings (SSSR count). The van der Waals surface area contributed by atoms with Crippen LogP contribution >= 0.6 is 15.9 Å². The second-order valence-corrected chi connectivity index (χ2v) is 7.01. The molecule has 0 aliphatic carbocycles. The highest BCUT2D eigenvalue weighted by Gasteiger charge is 2.19. The molecule has 0 amide bonds. The number of hydrogen-bond donors (Lipinski definition) is 1. The highest BCUT2D eigenvalue weighted by Crippen LogP contribution is 2.25. The van der Waals surface area contributed by atoms with E-state index in [-0.39, 0.29) is 16.6 Å². The summed E-state index contributed by atoms with van der Waals surface area (Å²) in [5.74, 6) is -0.559. The number of rotatable bonds is 5. The molecule has 7 heteroatoms. The Morgan fingerprint density at radius 3 is 2.55 bits per heavy atom. The van der Waals surface area contributed by atoms with Crippen molar-refractivity contribution in [2.75, 3.05) is 0 Å². The van der Waals surface area contributed by atoms with Crippen molar-refractivity contribution < 1.29 is 17.9 Å². The average molecular weight is 364 g/mol. The number of ether oxygens (including phenoxy) is 1. The van der Waals surface area contributed by atoms with Gasteiger partial charge in [0.05, 0.1) is 16.6 Å². The molecule has 1 atom stereocenters. The zero-order valence-electron chi connectivity index (χ0n) is 11.6. The first-order valence-electron chi connectivity index (χ1n) is 6.20. The fraction of sp³-hybridized carbons (Fsp3) is 0.462. The summed E-state index contributed by atoms with van der Waals surface area (Å²) in [6.07, 6.45) is 1.43. The fourth-order valence-corrected chi connectivity index (χ4v) is 3.20. The molecule has 0 aromatic heterocycles. The van der Waals surface area contributed by atoms with E-state index in [0.717, 1.165) is 12.8 Å². The second kappa shape index (κ2) is 6.69. The Morgan fingerprint density at radius 2 is 2.05 bits per heavy atom. The van der Waals surface area contributed by atoms with Gasteiger partial charge in [0, 0.05) is 4.47 Å². The van der Waals surface area contributed by atoms with Crippen molar-refractivity contribution in [1.82, 2.24) is 0 Å². The number of esters is 1. The maximum Gasteiger partial charge on any atom is 0.338 e. The van der Waals surface area contributed by atoms with Crippen LogP contribution in [0.25, 0.3) is 0 Å². The van der Waals surface area contributed by atoms with Crippen LogP contribution in [0.2, 0.25) is 0 Å². The summed E-state index contributed by atoms with van der Waals surface area (Å²) in [6.45, 7) is 5.40. The summed E-state index contributed by atoms with van der Waals surface area (Å²) in [4.78, 5) is 11.9. The molecule has 0 radical (unpaired) electrons. The highest BCUT2D eigenvalue weighted by molar-refractivity contribution is 9.10. The Kier molecular flexibility index (Phi) is 5.73. The quantitative estimate of drug-likeness (QED) is 0.814. The number of hydrogen-bond acceptors (Lipinski definition) is 4. The number of sulfonamides is 1. The topological polar surface area (TPSA) is 86.5 Å². The van der Waals surface area contributed by atoms with Gasteiger partial charge in [-0.15, -0.1) is 0 Å². The lowest BCUT2D eigenvalue weighted by Crippen LogP contribution is -2.18. The molecule has 0 aliphatic rings. The van der Waals surface area contributed by atoms with Crippen molar-refractivity contribution in [1.29, 1.82) is 0 Å². The van der Waals surface area contributed by atoms with Crippen molar-refractivity contribution in [3.05, 3.63) is 27.7 Å². The zero-order valence-corrected chi connectivity index (χ0v) is 14.0. The third kappa shape index (κ3) is 4.29. The molecule has 0 saturated carbocycles. The first kappa shape index (κ1) is 17.1. The van der Waals surface area contributed by atoms with Crippen LogP contribution in [-0.2, 0) is 14.8 Å². The van der Waals surface area contributed by atoms with E-state index in [1.54, 1.807) is 13.8 Å². The molecule has 1 unspecified atom stereocenters. The van der Waals surface area contributed by atoms with Gasteiger partial charge < -0.3 is 4.74 Å². The Labute approximate surface area is 127 Å². The largest absolute Gasteiger partial charge is 0.459 e. The third-order valence-corrected chi connectivity index (χ3v) is 4.70. The molecule has 0 fully saturated rings. The highest BCUT2D eigenvalue weighted by atomic mass is 79.9. The molecule has 20 heavy (non-hydrogen) atoms. The molecule has 112 valence electrons. The third-order valence-electron chi connectivity index (χ3n) is 2.84. The molecule has 2 N–H and O–H groups in total. The fourth-order valence-electron chi connectivity index (χ4n) is 1.78. The van der Waals surface area contributed by atoms with E-state index in [0.29, 0.717) is 10.0 Å². The predicted octanol–water partition coefficient (Wildman–Crippen LogP) is 2.75. The van der Waals surface area contributed by atoms with Gasteiger partial charge in [-0.25, -0.2) is 18.4 Å². The second-order valence-electron chi connectivity index (χ2n) is 4.63. The van der Waals surface area contributed by atoms with Gasteiger partial charge in [0.15, 0.2) is 0 Å². The Bertz CT molecular complexity index is 613. The number of halogens is 1. The van der Waals surface area contributed by atoms with Crippen LogP contribution in [0.3, 0.4) is 0 Å². The molecule has 0 spiro atoms. The summed E-state index contributed by atoms with van der Waals surface area (Å²) >= 11 is 3.23. The Hall–Kier alpha value is -0.920. The van der Waals surface area contributed by atoms with Gasteiger partial charge in [-0.1, -0.05) is 29.3 Å². The minimum atomic E-state index is -3.89. The van der Waals surface area contributed by atoms with E-state index < -0.39 is 16.0 Å². The van der Waals surface area contributed by atoms with Gasteiger partial charge in [0.2, 0.25) is 10.0 Å². The smallest absolute Gasteiger partial charge is 0.338 e. The van der Waals surface area contributed by atoms with Crippen LogP contribution in [0, 0.1) is 6.92 Å². The van der Waals surface area contributed by atoms with E-state index in [9.17, 15) is 13.2 Å². The number of carbonyl (C=O) groups excluding carboxylic acids is 1.